The number of ether oxygens (including phenoxy) is 1. The van der Waals surface area contributed by atoms with Gasteiger partial charge in [-0.3, -0.25) is 9.55 Å². The molecule has 12 nitrogen and oxygen atoms in total. The smallest absolute Gasteiger partial charge is 0.351 e. The number of nitrogen functional groups attached to an aromatic ring is 1. The summed E-state index contributed by atoms with van der Waals surface area (Å²) in [6.07, 6.45) is 1.91. The third kappa shape index (κ3) is 8.35. The lowest BCUT2D eigenvalue weighted by Gasteiger charge is -2.27. The van der Waals surface area contributed by atoms with Gasteiger partial charge in [-0.05, 0) is 70.1 Å². The second-order valence-corrected chi connectivity index (χ2v) is 10.7. The second kappa shape index (κ2) is 14.9. The van der Waals surface area contributed by atoms with Crippen LogP contribution in [0.5, 0.6) is 0 Å². The first kappa shape index (κ1) is 32.7. The van der Waals surface area contributed by atoms with Crippen LogP contribution in [0.1, 0.15) is 39.8 Å². The number of pyridine rings is 1. The molecule has 4 rings (SSSR count). The van der Waals surface area contributed by atoms with E-state index >= 15 is 0 Å². The van der Waals surface area contributed by atoms with Crippen LogP contribution in [0.25, 0.3) is 10.9 Å². The Labute approximate surface area is 244 Å². The predicted molar refractivity (Wildman–Crippen MR) is 159 cm³/mol. The molecular weight excluding hydrogens is 552 g/mol. The van der Waals surface area contributed by atoms with Gasteiger partial charge in [-0.2, -0.15) is 4.98 Å². The lowest BCUT2D eigenvalue weighted by atomic mass is 9.96. The molecule has 1 fully saturated rings. The lowest BCUT2D eigenvalue weighted by molar-refractivity contribution is -0.0986. The molecule has 1 aromatic carbocycles. The van der Waals surface area contributed by atoms with Crippen LogP contribution in [0.2, 0.25) is 5.02 Å². The number of aliphatic hydroxyl groups is 4. The van der Waals surface area contributed by atoms with Crippen LogP contribution in [-0.2, 0) is 4.74 Å². The average molecular weight is 593 g/mol. The Morgan fingerprint density at radius 3 is 2.66 bits per heavy atom. The van der Waals surface area contributed by atoms with Gasteiger partial charge in [0.1, 0.15) is 23.6 Å². The number of halogens is 1. The fourth-order valence-electron chi connectivity index (χ4n) is 4.77. The SMILES string of the molecule is CCN(CCO)CCCC(C)Nc1ccnc2cc(Cl)ccc12.C[C@@]1(O)[C@H](O)[C@@H](CO)O[C@H]1n1ccc(N)nc1=O. The number of fused-ring (bicyclic) bond motifs is 1. The van der Waals surface area contributed by atoms with Gasteiger partial charge in [0.25, 0.3) is 0 Å². The monoisotopic (exact) mass is 592 g/mol. The molecule has 41 heavy (non-hydrogen) atoms. The standard InChI is InChI=1S/C18H26ClN3O.C10H15N3O5/c1-3-22(11-12-23)10-4-5-14(2)21-17-8-9-20-18-13-15(19)6-7-16(17)18;1-10(17)7(15)5(4-14)18-8(10)13-3-2-6(11)12-9(13)16/h6-9,13-14,23H,3-5,10-12H2,1-2H3,(H,20,21);2-3,5,7-8,14-15,17H,4H2,1H3,(H2,11,12,16)/t;5-,7-,8-,10-/m.1/s1. The number of hydrogen-bond acceptors (Lipinski definition) is 11. The molecule has 13 heteroatoms. The average Bonchev–Trinajstić information content (AvgIpc) is 3.16. The highest BCUT2D eigenvalue weighted by Crippen LogP contribution is 2.37. The lowest BCUT2D eigenvalue weighted by Crippen LogP contribution is -2.46. The van der Waals surface area contributed by atoms with Crippen molar-refractivity contribution in [3.63, 3.8) is 0 Å². The van der Waals surface area contributed by atoms with E-state index in [0.29, 0.717) is 11.1 Å². The number of aromatic nitrogens is 3. The Bertz CT molecular complexity index is 1320. The molecule has 0 spiro atoms. The molecule has 0 bridgehead atoms. The highest BCUT2D eigenvalue weighted by Gasteiger charge is 2.53. The number of rotatable bonds is 11. The molecule has 7 N–H and O–H groups in total. The number of nitrogens with one attached hydrogen (secondary N) is 1. The number of nitrogens with two attached hydrogens (primary N) is 1. The molecule has 3 aromatic rings. The Hall–Kier alpha value is -2.84. The zero-order valence-corrected chi connectivity index (χ0v) is 24.4. The molecule has 0 aliphatic carbocycles. The van der Waals surface area contributed by atoms with Crippen LogP contribution >= 0.6 is 11.6 Å². The molecule has 0 amide bonds. The normalized spacial score (nSPS) is 22.9. The van der Waals surface area contributed by atoms with Gasteiger partial charge < -0.3 is 41.1 Å². The number of benzene rings is 1. The fourth-order valence-corrected chi connectivity index (χ4v) is 4.94. The molecule has 1 unspecified atom stereocenters. The Kier molecular flexibility index (Phi) is 11.9. The quantitative estimate of drug-likeness (QED) is 0.190. The van der Waals surface area contributed by atoms with Gasteiger partial charge in [0.2, 0.25) is 0 Å². The van der Waals surface area contributed by atoms with Gasteiger partial charge in [-0.15, -0.1) is 0 Å². The van der Waals surface area contributed by atoms with Crippen LogP contribution in [0.4, 0.5) is 11.5 Å². The van der Waals surface area contributed by atoms with Crippen molar-refractivity contribution in [1.82, 2.24) is 19.4 Å². The van der Waals surface area contributed by atoms with Crippen molar-refractivity contribution in [3.8, 4) is 0 Å². The van der Waals surface area contributed by atoms with E-state index in [1.54, 1.807) is 0 Å². The zero-order chi connectivity index (χ0) is 30.2. The third-order valence-electron chi connectivity index (χ3n) is 7.12. The van der Waals surface area contributed by atoms with Crippen LogP contribution in [0, 0.1) is 0 Å². The Morgan fingerprint density at radius 2 is 2.02 bits per heavy atom. The van der Waals surface area contributed by atoms with E-state index in [1.165, 1.54) is 19.2 Å². The first-order valence-electron chi connectivity index (χ1n) is 13.7. The summed E-state index contributed by atoms with van der Waals surface area (Å²) in [6.45, 7) is 8.18. The maximum Gasteiger partial charge on any atom is 0.351 e. The Balaban J connectivity index is 0.000000232. The minimum absolute atomic E-state index is 0.0492. The molecular formula is C28H41ClN6O6. The molecule has 1 aliphatic rings. The molecule has 1 aliphatic heterocycles. The van der Waals surface area contributed by atoms with Gasteiger partial charge in [0, 0.05) is 41.1 Å². The van der Waals surface area contributed by atoms with Gasteiger partial charge in [0.15, 0.2) is 6.23 Å². The van der Waals surface area contributed by atoms with Crippen molar-refractivity contribution in [2.24, 2.45) is 0 Å². The number of anilines is 2. The van der Waals surface area contributed by atoms with Gasteiger partial charge in [-0.1, -0.05) is 18.5 Å². The van der Waals surface area contributed by atoms with Crippen molar-refractivity contribution in [1.29, 1.82) is 0 Å². The summed E-state index contributed by atoms with van der Waals surface area (Å²) >= 11 is 6.03. The summed E-state index contributed by atoms with van der Waals surface area (Å²) in [6, 6.07) is 9.57. The minimum Gasteiger partial charge on any atom is -0.395 e. The van der Waals surface area contributed by atoms with Crippen molar-refractivity contribution in [3.05, 3.63) is 58.2 Å². The van der Waals surface area contributed by atoms with Crippen LogP contribution in [-0.4, -0.2) is 96.6 Å². The summed E-state index contributed by atoms with van der Waals surface area (Å²) in [5, 5.41) is 43.4. The van der Waals surface area contributed by atoms with E-state index in [-0.39, 0.29) is 12.4 Å². The van der Waals surface area contributed by atoms with Gasteiger partial charge in [-0.25, -0.2) is 4.79 Å². The first-order chi connectivity index (χ1) is 19.5. The van der Waals surface area contributed by atoms with Gasteiger partial charge >= 0.3 is 5.69 Å². The highest BCUT2D eigenvalue weighted by molar-refractivity contribution is 6.31. The maximum absolute atomic E-state index is 11.7. The molecule has 0 radical (unpaired) electrons. The van der Waals surface area contributed by atoms with Gasteiger partial charge in [0.05, 0.1) is 18.7 Å². The molecule has 5 atom stereocenters. The van der Waals surface area contributed by atoms with E-state index in [2.05, 4.69) is 34.0 Å². The maximum atomic E-state index is 11.7. The zero-order valence-electron chi connectivity index (χ0n) is 23.7. The third-order valence-corrected chi connectivity index (χ3v) is 7.36. The molecule has 0 saturated carbocycles. The van der Waals surface area contributed by atoms with Crippen LogP contribution < -0.4 is 16.7 Å². The summed E-state index contributed by atoms with van der Waals surface area (Å²) in [7, 11) is 0. The summed E-state index contributed by atoms with van der Waals surface area (Å²) in [5.74, 6) is 0.0492. The van der Waals surface area contributed by atoms with Crippen molar-refractivity contribution < 1.29 is 25.2 Å². The summed E-state index contributed by atoms with van der Waals surface area (Å²) < 4.78 is 6.30. The van der Waals surface area contributed by atoms with Crippen molar-refractivity contribution in [2.45, 2.75) is 63.7 Å². The van der Waals surface area contributed by atoms with E-state index in [4.69, 9.17) is 32.3 Å². The van der Waals surface area contributed by atoms with E-state index in [9.17, 15) is 15.0 Å². The highest BCUT2D eigenvalue weighted by atomic mass is 35.5. The number of likely N-dealkylation sites (N-methyl/N-ethyl adjacent to an activating group) is 1. The Morgan fingerprint density at radius 1 is 1.27 bits per heavy atom. The second-order valence-electron chi connectivity index (χ2n) is 10.3. The number of hydrogen-bond donors (Lipinski definition) is 6. The minimum atomic E-state index is -1.71. The fraction of sp³-hybridized carbons (Fsp3) is 0.536. The molecule has 2 aromatic heterocycles. The van der Waals surface area contributed by atoms with E-state index < -0.39 is 36.3 Å². The molecule has 226 valence electrons. The van der Waals surface area contributed by atoms with Crippen LogP contribution in [0.3, 0.4) is 0 Å². The van der Waals surface area contributed by atoms with E-state index in [0.717, 1.165) is 53.6 Å². The topological polar surface area (TPSA) is 179 Å². The number of nitrogens with zero attached hydrogens (tertiary/aromatic N) is 4. The molecule has 1 saturated heterocycles. The molecule has 3 heterocycles. The van der Waals surface area contributed by atoms with E-state index in [1.807, 2.05) is 30.5 Å². The predicted octanol–water partition coefficient (Wildman–Crippen LogP) is 1.61. The van der Waals surface area contributed by atoms with Crippen molar-refractivity contribution in [2.75, 3.05) is 43.9 Å². The van der Waals surface area contributed by atoms with Crippen LogP contribution in [0.15, 0.2) is 47.5 Å². The van der Waals surface area contributed by atoms with Crippen molar-refractivity contribution >= 4 is 34.0 Å². The first-order valence-corrected chi connectivity index (χ1v) is 14.0. The number of aliphatic hydroxyl groups excluding tert-OH is 3. The summed E-state index contributed by atoms with van der Waals surface area (Å²) in [4.78, 5) is 21.8. The summed E-state index contributed by atoms with van der Waals surface area (Å²) in [5.41, 5.74) is 4.95. The largest absolute Gasteiger partial charge is 0.395 e.